The lowest BCUT2D eigenvalue weighted by molar-refractivity contribution is -0.122. The maximum absolute atomic E-state index is 12.1. The molecule has 0 fully saturated rings. The molecule has 3 nitrogen and oxygen atoms in total. The first kappa shape index (κ1) is 15.0. The van der Waals surface area contributed by atoms with Crippen molar-refractivity contribution in [2.45, 2.75) is 20.3 Å². The predicted molar refractivity (Wildman–Crippen MR) is 75.2 cm³/mol. The number of ether oxygens (including phenoxy) is 1. The summed E-state index contributed by atoms with van der Waals surface area (Å²) in [6.45, 7) is 4.28. The lowest BCUT2D eigenvalue weighted by atomic mass is 9.95. The van der Waals surface area contributed by atoms with Gasteiger partial charge in [0, 0.05) is 18.7 Å². The van der Waals surface area contributed by atoms with Gasteiger partial charge in [0.1, 0.15) is 0 Å². The highest BCUT2D eigenvalue weighted by Gasteiger charge is 2.26. The maximum Gasteiger partial charge on any atom is 0.231 e. The Balaban J connectivity index is 2.81. The van der Waals surface area contributed by atoms with E-state index in [9.17, 15) is 4.79 Å². The first-order valence-electron chi connectivity index (χ1n) is 5.95. The maximum atomic E-state index is 12.1. The summed E-state index contributed by atoms with van der Waals surface area (Å²) < 4.78 is 5.06. The summed E-state index contributed by atoms with van der Waals surface area (Å²) >= 11 is 5.80. The van der Waals surface area contributed by atoms with Gasteiger partial charge in [-0.25, -0.2) is 0 Å². The molecule has 0 bridgehead atoms. The van der Waals surface area contributed by atoms with Crippen molar-refractivity contribution in [3.05, 3.63) is 29.8 Å². The largest absolute Gasteiger partial charge is 0.384 e. The Morgan fingerprint density at radius 2 is 2.06 bits per heavy atom. The monoisotopic (exact) mass is 269 g/mol. The number of alkyl halides is 1. The Kier molecular flexibility index (Phi) is 5.63. The van der Waals surface area contributed by atoms with Crippen molar-refractivity contribution in [1.29, 1.82) is 0 Å². The molecule has 0 aliphatic rings. The summed E-state index contributed by atoms with van der Waals surface area (Å²) in [6.07, 6.45) is 0.772. The molecule has 1 amide bonds. The molecule has 100 valence electrons. The minimum atomic E-state index is -0.573. The van der Waals surface area contributed by atoms with Crippen LogP contribution in [0.15, 0.2) is 24.3 Å². The third kappa shape index (κ3) is 4.00. The number of rotatable bonds is 6. The highest BCUT2D eigenvalue weighted by Crippen LogP contribution is 2.22. The van der Waals surface area contributed by atoms with Crippen LogP contribution in [0.5, 0.6) is 0 Å². The Morgan fingerprint density at radius 3 is 2.67 bits per heavy atom. The van der Waals surface area contributed by atoms with Gasteiger partial charge in [0.2, 0.25) is 5.91 Å². The second kappa shape index (κ2) is 6.76. The van der Waals surface area contributed by atoms with E-state index >= 15 is 0 Å². The van der Waals surface area contributed by atoms with Crippen molar-refractivity contribution in [2.75, 3.05) is 24.9 Å². The van der Waals surface area contributed by atoms with Gasteiger partial charge in [-0.2, -0.15) is 0 Å². The van der Waals surface area contributed by atoms with Crippen LogP contribution in [0, 0.1) is 5.41 Å². The van der Waals surface area contributed by atoms with Crippen LogP contribution in [0.25, 0.3) is 0 Å². The normalized spacial score (nSPS) is 11.3. The van der Waals surface area contributed by atoms with Gasteiger partial charge in [0.05, 0.1) is 12.0 Å². The molecule has 0 aromatic heterocycles. The van der Waals surface area contributed by atoms with Crippen molar-refractivity contribution >= 4 is 23.2 Å². The van der Waals surface area contributed by atoms with E-state index in [1.165, 1.54) is 0 Å². The zero-order valence-corrected chi connectivity index (χ0v) is 11.9. The quantitative estimate of drug-likeness (QED) is 0.806. The Morgan fingerprint density at radius 1 is 1.39 bits per heavy atom. The van der Waals surface area contributed by atoms with E-state index in [2.05, 4.69) is 5.32 Å². The summed E-state index contributed by atoms with van der Waals surface area (Å²) in [5.74, 6) is 0.223. The number of hydrogen-bond acceptors (Lipinski definition) is 2. The summed E-state index contributed by atoms with van der Waals surface area (Å²) in [5.41, 5.74) is 1.33. The molecule has 0 heterocycles. The van der Waals surface area contributed by atoms with E-state index in [1.54, 1.807) is 7.11 Å². The van der Waals surface area contributed by atoms with E-state index in [0.29, 0.717) is 12.5 Å². The molecule has 0 atom stereocenters. The van der Waals surface area contributed by atoms with E-state index in [4.69, 9.17) is 16.3 Å². The lowest BCUT2D eigenvalue weighted by Gasteiger charge is -2.21. The second-order valence-electron chi connectivity index (χ2n) is 4.87. The van der Waals surface area contributed by atoms with Crippen LogP contribution in [0.4, 0.5) is 5.69 Å². The summed E-state index contributed by atoms with van der Waals surface area (Å²) in [6, 6.07) is 7.74. The fraction of sp³-hybridized carbons (Fsp3) is 0.500. The van der Waals surface area contributed by atoms with Crippen LogP contribution < -0.4 is 5.32 Å². The smallest absolute Gasteiger partial charge is 0.231 e. The van der Waals surface area contributed by atoms with Gasteiger partial charge in [0.15, 0.2) is 0 Å². The number of hydrogen-bond donors (Lipinski definition) is 1. The first-order chi connectivity index (χ1) is 8.51. The third-order valence-corrected chi connectivity index (χ3v) is 3.46. The minimum absolute atomic E-state index is 0.0673. The SMILES string of the molecule is COCCc1ccccc1NC(=O)C(C)(C)CCl. The molecule has 0 unspecified atom stereocenters. The minimum Gasteiger partial charge on any atom is -0.384 e. The zero-order valence-electron chi connectivity index (χ0n) is 11.1. The molecule has 0 aliphatic heterocycles. The van der Waals surface area contributed by atoms with Gasteiger partial charge >= 0.3 is 0 Å². The molecular weight excluding hydrogens is 250 g/mol. The van der Waals surface area contributed by atoms with Crippen LogP contribution in [0.3, 0.4) is 0 Å². The number of para-hydroxylation sites is 1. The molecule has 1 rings (SSSR count). The molecule has 0 aliphatic carbocycles. The Bertz CT molecular complexity index is 405. The van der Waals surface area contributed by atoms with Gasteiger partial charge in [-0.1, -0.05) is 18.2 Å². The van der Waals surface area contributed by atoms with Crippen LogP contribution in [0.2, 0.25) is 0 Å². The second-order valence-corrected chi connectivity index (χ2v) is 5.14. The zero-order chi connectivity index (χ0) is 13.6. The number of methoxy groups -OCH3 is 1. The van der Waals surface area contributed by atoms with Crippen molar-refractivity contribution in [3.8, 4) is 0 Å². The third-order valence-electron chi connectivity index (χ3n) is 2.79. The topological polar surface area (TPSA) is 38.3 Å². The average molecular weight is 270 g/mol. The van der Waals surface area contributed by atoms with E-state index < -0.39 is 5.41 Å². The van der Waals surface area contributed by atoms with E-state index in [1.807, 2.05) is 38.1 Å². The van der Waals surface area contributed by atoms with E-state index in [0.717, 1.165) is 17.7 Å². The molecule has 4 heteroatoms. The number of carbonyl (C=O) groups excluding carboxylic acids is 1. The number of halogens is 1. The van der Waals surface area contributed by atoms with Gasteiger partial charge in [-0.15, -0.1) is 11.6 Å². The van der Waals surface area contributed by atoms with Crippen molar-refractivity contribution in [2.24, 2.45) is 5.41 Å². The molecule has 0 saturated carbocycles. The fourth-order valence-corrected chi connectivity index (χ4v) is 1.55. The highest BCUT2D eigenvalue weighted by molar-refractivity contribution is 6.20. The predicted octanol–water partition coefficient (Wildman–Crippen LogP) is 3.08. The Labute approximate surface area is 113 Å². The van der Waals surface area contributed by atoms with Crippen LogP contribution in [-0.4, -0.2) is 25.5 Å². The van der Waals surface area contributed by atoms with Gasteiger partial charge in [-0.05, 0) is 31.9 Å². The number of nitrogens with one attached hydrogen (secondary N) is 1. The van der Waals surface area contributed by atoms with E-state index in [-0.39, 0.29) is 5.91 Å². The summed E-state index contributed by atoms with van der Waals surface area (Å²) in [5, 5.41) is 2.93. The van der Waals surface area contributed by atoms with Gasteiger partial charge in [-0.3, -0.25) is 4.79 Å². The summed E-state index contributed by atoms with van der Waals surface area (Å²) in [4.78, 5) is 12.1. The molecule has 0 radical (unpaired) electrons. The average Bonchev–Trinajstić information content (AvgIpc) is 2.37. The van der Waals surface area contributed by atoms with Gasteiger partial charge in [0.25, 0.3) is 0 Å². The number of amides is 1. The molecule has 0 saturated heterocycles. The molecular formula is C14H20ClNO2. The van der Waals surface area contributed by atoms with Crippen LogP contribution in [0.1, 0.15) is 19.4 Å². The van der Waals surface area contributed by atoms with Gasteiger partial charge < -0.3 is 10.1 Å². The molecule has 0 spiro atoms. The fourth-order valence-electron chi connectivity index (χ4n) is 1.42. The number of carbonyl (C=O) groups is 1. The summed E-state index contributed by atoms with van der Waals surface area (Å²) in [7, 11) is 1.66. The molecule has 18 heavy (non-hydrogen) atoms. The van der Waals surface area contributed by atoms with Crippen molar-refractivity contribution < 1.29 is 9.53 Å². The van der Waals surface area contributed by atoms with Crippen LogP contribution in [-0.2, 0) is 16.0 Å². The molecule has 1 aromatic carbocycles. The Hall–Kier alpha value is -1.06. The van der Waals surface area contributed by atoms with Crippen LogP contribution >= 0.6 is 11.6 Å². The lowest BCUT2D eigenvalue weighted by Crippen LogP contribution is -2.32. The van der Waals surface area contributed by atoms with Crippen molar-refractivity contribution in [3.63, 3.8) is 0 Å². The standard InChI is InChI=1S/C14H20ClNO2/c1-14(2,10-15)13(17)16-12-7-5-4-6-11(12)8-9-18-3/h4-7H,8-10H2,1-3H3,(H,16,17). The number of benzene rings is 1. The van der Waals surface area contributed by atoms with Crippen molar-refractivity contribution in [1.82, 2.24) is 0 Å². The highest BCUT2D eigenvalue weighted by atomic mass is 35.5. The first-order valence-corrected chi connectivity index (χ1v) is 6.49. The molecule has 1 N–H and O–H groups in total. The molecule has 1 aromatic rings. The number of anilines is 1.